The average molecular weight is 335 g/mol. The Hall–Kier alpha value is -0.670. The third-order valence-corrected chi connectivity index (χ3v) is 6.89. The van der Waals surface area contributed by atoms with Gasteiger partial charge in [0.05, 0.1) is 16.8 Å². The van der Waals surface area contributed by atoms with Crippen molar-refractivity contribution in [1.29, 1.82) is 0 Å². The summed E-state index contributed by atoms with van der Waals surface area (Å²) >= 11 is 2.76. The Morgan fingerprint density at radius 3 is 2.90 bits per heavy atom. The van der Waals surface area contributed by atoms with Gasteiger partial charge in [0.1, 0.15) is 5.51 Å². The van der Waals surface area contributed by atoms with Gasteiger partial charge in [0.25, 0.3) is 0 Å². The lowest BCUT2D eigenvalue weighted by Gasteiger charge is -2.29. The van der Waals surface area contributed by atoms with Crippen LogP contribution in [0.4, 0.5) is 0 Å². The Balaban J connectivity index is 2.02. The molecule has 0 unspecified atom stereocenters. The van der Waals surface area contributed by atoms with Crippen LogP contribution in [0, 0.1) is 0 Å². The normalized spacial score (nSPS) is 22.6. The van der Waals surface area contributed by atoms with Crippen LogP contribution in [0.15, 0.2) is 9.85 Å². The second-order valence-corrected chi connectivity index (χ2v) is 9.30. The maximum atomic E-state index is 12.5. The van der Waals surface area contributed by atoms with Gasteiger partial charge < -0.3 is 4.90 Å². The Morgan fingerprint density at radius 2 is 2.40 bits per heavy atom. The van der Waals surface area contributed by atoms with Crippen LogP contribution in [0.3, 0.4) is 0 Å². The highest BCUT2D eigenvalue weighted by atomic mass is 32.2. The van der Waals surface area contributed by atoms with Gasteiger partial charge in [-0.2, -0.15) is 0 Å². The number of rotatable bonds is 5. The minimum Gasteiger partial charge on any atom is -0.338 e. The molecule has 1 aromatic rings. The molecule has 112 valence electrons. The van der Waals surface area contributed by atoms with Gasteiger partial charge in [-0.25, -0.2) is 8.42 Å². The Labute approximate surface area is 126 Å². The molecule has 0 N–H and O–H groups in total. The molecule has 0 bridgehead atoms. The average Bonchev–Trinajstić information content (AvgIpc) is 3.00. The molecule has 1 aromatic heterocycles. The van der Waals surface area contributed by atoms with Crippen molar-refractivity contribution in [3.05, 3.63) is 5.51 Å². The molecule has 1 aliphatic heterocycles. The monoisotopic (exact) mass is 335 g/mol. The van der Waals surface area contributed by atoms with Crippen LogP contribution in [-0.2, 0) is 14.6 Å². The fourth-order valence-corrected chi connectivity index (χ4v) is 5.69. The molecular weight excluding hydrogens is 318 g/mol. The van der Waals surface area contributed by atoms with Crippen LogP contribution in [0.25, 0.3) is 0 Å². The summed E-state index contributed by atoms with van der Waals surface area (Å²) < 4.78 is 23.9. The molecule has 1 saturated heterocycles. The third kappa shape index (κ3) is 3.70. The Morgan fingerprint density at radius 1 is 1.65 bits per heavy atom. The molecule has 20 heavy (non-hydrogen) atoms. The number of aromatic nitrogens is 2. The standard InChI is InChI=1S/C11H17N3O3S3/c1-3-14(9-4-5-20(16,17)6-9)10(15)8(2)19-11-13-12-7-18-11/h7-9H,3-6H2,1-2H3/t8-,9-/m0/s1. The SMILES string of the molecule is CCN(C(=O)[C@H](C)Sc1nncs1)[C@H]1CCS(=O)(=O)C1. The second-order valence-electron chi connectivity index (χ2n) is 4.65. The molecule has 0 aromatic carbocycles. The minimum absolute atomic E-state index is 0.0326. The summed E-state index contributed by atoms with van der Waals surface area (Å²) in [6.45, 7) is 4.23. The fraction of sp³-hybridized carbons (Fsp3) is 0.727. The van der Waals surface area contributed by atoms with Gasteiger partial charge in [0.2, 0.25) is 5.91 Å². The molecule has 1 amide bonds. The highest BCUT2D eigenvalue weighted by Crippen LogP contribution is 2.27. The number of thioether (sulfide) groups is 1. The van der Waals surface area contributed by atoms with E-state index in [0.717, 1.165) is 4.34 Å². The minimum atomic E-state index is -2.98. The first-order chi connectivity index (χ1) is 9.43. The molecule has 0 aliphatic carbocycles. The first-order valence-electron chi connectivity index (χ1n) is 6.36. The summed E-state index contributed by atoms with van der Waals surface area (Å²) in [7, 11) is -2.98. The van der Waals surface area contributed by atoms with Crippen molar-refractivity contribution in [3.63, 3.8) is 0 Å². The van der Waals surface area contributed by atoms with Crippen molar-refractivity contribution in [2.75, 3.05) is 18.1 Å². The smallest absolute Gasteiger partial charge is 0.236 e. The van der Waals surface area contributed by atoms with Gasteiger partial charge in [-0.05, 0) is 20.3 Å². The number of carbonyl (C=O) groups is 1. The number of carbonyl (C=O) groups excluding carboxylic acids is 1. The van der Waals surface area contributed by atoms with E-state index in [2.05, 4.69) is 10.2 Å². The number of sulfone groups is 1. The summed E-state index contributed by atoms with van der Waals surface area (Å²) in [6, 6.07) is -0.185. The van der Waals surface area contributed by atoms with Gasteiger partial charge in [0.15, 0.2) is 14.2 Å². The molecule has 0 spiro atoms. The van der Waals surface area contributed by atoms with Crippen LogP contribution in [0.1, 0.15) is 20.3 Å². The molecule has 2 heterocycles. The molecule has 0 saturated carbocycles. The van der Waals surface area contributed by atoms with Gasteiger partial charge in [0, 0.05) is 12.6 Å². The highest BCUT2D eigenvalue weighted by Gasteiger charge is 2.35. The number of hydrogen-bond acceptors (Lipinski definition) is 7. The van der Waals surface area contributed by atoms with Crippen molar-refractivity contribution < 1.29 is 13.2 Å². The molecule has 2 rings (SSSR count). The summed E-state index contributed by atoms with van der Waals surface area (Å²) in [5.74, 6) is 0.233. The quantitative estimate of drug-likeness (QED) is 0.748. The molecular formula is C11H17N3O3S3. The highest BCUT2D eigenvalue weighted by molar-refractivity contribution is 8.02. The number of hydrogen-bond donors (Lipinski definition) is 0. The van der Waals surface area contributed by atoms with Crippen molar-refractivity contribution in [1.82, 2.24) is 15.1 Å². The van der Waals surface area contributed by atoms with Crippen molar-refractivity contribution in [2.24, 2.45) is 0 Å². The molecule has 6 nitrogen and oxygen atoms in total. The van der Waals surface area contributed by atoms with Crippen LogP contribution < -0.4 is 0 Å². The zero-order chi connectivity index (χ0) is 14.8. The lowest BCUT2D eigenvalue weighted by atomic mass is 10.2. The Kier molecular flexibility index (Phi) is 5.03. The van der Waals surface area contributed by atoms with Crippen molar-refractivity contribution in [2.45, 2.75) is 35.9 Å². The predicted molar refractivity (Wildman–Crippen MR) is 79.7 cm³/mol. The van der Waals surface area contributed by atoms with Crippen LogP contribution in [0.2, 0.25) is 0 Å². The maximum Gasteiger partial charge on any atom is 0.236 e. The molecule has 9 heteroatoms. The predicted octanol–water partition coefficient (Wildman–Crippen LogP) is 1.05. The van der Waals surface area contributed by atoms with Crippen LogP contribution in [0.5, 0.6) is 0 Å². The van der Waals surface area contributed by atoms with E-state index in [0.29, 0.717) is 13.0 Å². The van der Waals surface area contributed by atoms with Crippen LogP contribution >= 0.6 is 23.1 Å². The van der Waals surface area contributed by atoms with E-state index in [1.54, 1.807) is 10.4 Å². The second kappa shape index (κ2) is 6.40. The van der Waals surface area contributed by atoms with E-state index < -0.39 is 9.84 Å². The van der Waals surface area contributed by atoms with Gasteiger partial charge in [-0.1, -0.05) is 23.1 Å². The van der Waals surface area contributed by atoms with E-state index in [1.165, 1.54) is 23.1 Å². The molecule has 0 radical (unpaired) electrons. The molecule has 2 atom stereocenters. The topological polar surface area (TPSA) is 80.2 Å². The Bertz CT molecular complexity index is 559. The van der Waals surface area contributed by atoms with E-state index in [1.807, 2.05) is 13.8 Å². The van der Waals surface area contributed by atoms with E-state index in [4.69, 9.17) is 0 Å². The summed E-state index contributed by atoms with van der Waals surface area (Å²) in [4.78, 5) is 14.1. The van der Waals surface area contributed by atoms with Gasteiger partial charge in [-0.3, -0.25) is 4.79 Å². The number of nitrogens with zero attached hydrogens (tertiary/aromatic N) is 3. The maximum absolute atomic E-state index is 12.5. The van der Waals surface area contributed by atoms with Crippen molar-refractivity contribution in [3.8, 4) is 0 Å². The van der Waals surface area contributed by atoms with E-state index >= 15 is 0 Å². The molecule has 1 aliphatic rings. The largest absolute Gasteiger partial charge is 0.338 e. The van der Waals surface area contributed by atoms with E-state index in [-0.39, 0.29) is 28.7 Å². The third-order valence-electron chi connectivity index (χ3n) is 3.24. The van der Waals surface area contributed by atoms with E-state index in [9.17, 15) is 13.2 Å². The van der Waals surface area contributed by atoms with Gasteiger partial charge >= 0.3 is 0 Å². The summed E-state index contributed by atoms with van der Waals surface area (Å²) in [6.07, 6.45) is 0.540. The number of amides is 1. The van der Waals surface area contributed by atoms with Crippen LogP contribution in [-0.4, -0.2) is 58.8 Å². The zero-order valence-corrected chi connectivity index (χ0v) is 13.8. The lowest BCUT2D eigenvalue weighted by Crippen LogP contribution is -2.44. The zero-order valence-electron chi connectivity index (χ0n) is 11.4. The lowest BCUT2D eigenvalue weighted by molar-refractivity contribution is -0.131. The van der Waals surface area contributed by atoms with Crippen molar-refractivity contribution >= 4 is 38.8 Å². The summed E-state index contributed by atoms with van der Waals surface area (Å²) in [5.41, 5.74) is 1.63. The fourth-order valence-electron chi connectivity index (χ4n) is 2.26. The molecule has 1 fully saturated rings. The van der Waals surface area contributed by atoms with Gasteiger partial charge in [-0.15, -0.1) is 10.2 Å². The summed E-state index contributed by atoms with van der Waals surface area (Å²) in [5, 5.41) is 7.36. The first-order valence-corrected chi connectivity index (χ1v) is 9.94. The first kappa shape index (κ1) is 15.7.